The Labute approximate surface area is 119 Å². The van der Waals surface area contributed by atoms with E-state index in [1.54, 1.807) is 19.1 Å². The van der Waals surface area contributed by atoms with Gasteiger partial charge < -0.3 is 14.9 Å². The van der Waals surface area contributed by atoms with E-state index in [0.29, 0.717) is 25.4 Å². The van der Waals surface area contributed by atoms with Crippen molar-refractivity contribution in [3.8, 4) is 11.5 Å². The second-order valence-corrected chi connectivity index (χ2v) is 4.80. The van der Waals surface area contributed by atoms with Gasteiger partial charge in [0.15, 0.2) is 11.5 Å². The highest BCUT2D eigenvalue weighted by molar-refractivity contribution is 5.69. The Kier molecular flexibility index (Phi) is 6.31. The van der Waals surface area contributed by atoms with E-state index < -0.39 is 11.9 Å². The molecule has 0 radical (unpaired) electrons. The Morgan fingerprint density at radius 3 is 2.65 bits per heavy atom. The van der Waals surface area contributed by atoms with Gasteiger partial charge in [0.1, 0.15) is 0 Å². The van der Waals surface area contributed by atoms with Gasteiger partial charge in [0.25, 0.3) is 0 Å². The number of benzene rings is 1. The summed E-state index contributed by atoms with van der Waals surface area (Å²) in [6.45, 7) is 7.95. The zero-order valence-electron chi connectivity index (χ0n) is 12.3. The van der Waals surface area contributed by atoms with E-state index in [4.69, 9.17) is 9.84 Å². The summed E-state index contributed by atoms with van der Waals surface area (Å²) in [5.41, 5.74) is 0.991. The molecule has 1 unspecified atom stereocenters. The molecular weight excluding hydrogens is 258 g/mol. The third-order valence-electron chi connectivity index (χ3n) is 3.13. The van der Waals surface area contributed by atoms with E-state index in [2.05, 4.69) is 4.90 Å². The summed E-state index contributed by atoms with van der Waals surface area (Å²) in [6, 6.07) is 5.23. The van der Waals surface area contributed by atoms with Gasteiger partial charge in [-0.15, -0.1) is 0 Å². The predicted molar refractivity (Wildman–Crippen MR) is 77.0 cm³/mol. The smallest absolute Gasteiger partial charge is 0.307 e. The zero-order chi connectivity index (χ0) is 15.1. The Morgan fingerprint density at radius 1 is 1.40 bits per heavy atom. The molecule has 1 aromatic rings. The van der Waals surface area contributed by atoms with Gasteiger partial charge in [-0.3, -0.25) is 9.69 Å². The van der Waals surface area contributed by atoms with Crippen LogP contribution < -0.4 is 4.74 Å². The SMILES string of the molecule is CCOc1cc(CN(CC)CC(C)C(=O)O)ccc1O. The van der Waals surface area contributed by atoms with E-state index in [9.17, 15) is 9.90 Å². The average Bonchev–Trinajstić information content (AvgIpc) is 2.41. The van der Waals surface area contributed by atoms with Gasteiger partial charge in [-0.05, 0) is 31.2 Å². The largest absolute Gasteiger partial charge is 0.504 e. The van der Waals surface area contributed by atoms with Crippen LogP contribution >= 0.6 is 0 Å². The number of ether oxygens (including phenoxy) is 1. The van der Waals surface area contributed by atoms with Crippen LogP contribution in [0.25, 0.3) is 0 Å². The van der Waals surface area contributed by atoms with Crippen molar-refractivity contribution in [2.45, 2.75) is 27.3 Å². The van der Waals surface area contributed by atoms with Crippen LogP contribution in [0.15, 0.2) is 18.2 Å². The quantitative estimate of drug-likeness (QED) is 0.765. The molecule has 1 rings (SSSR count). The first-order chi connectivity index (χ1) is 9.47. The summed E-state index contributed by atoms with van der Waals surface area (Å²) in [5, 5.41) is 18.6. The number of carboxylic acid groups (broad SMARTS) is 1. The number of phenols is 1. The van der Waals surface area contributed by atoms with Crippen LogP contribution in [0.5, 0.6) is 11.5 Å². The number of hydrogen-bond acceptors (Lipinski definition) is 4. The van der Waals surface area contributed by atoms with Crippen LogP contribution in [0, 0.1) is 5.92 Å². The van der Waals surface area contributed by atoms with Crippen LogP contribution in [-0.4, -0.2) is 40.8 Å². The number of aromatic hydroxyl groups is 1. The molecule has 0 heterocycles. The number of carboxylic acids is 1. The van der Waals surface area contributed by atoms with Gasteiger partial charge >= 0.3 is 5.97 Å². The van der Waals surface area contributed by atoms with Crippen molar-refractivity contribution in [2.75, 3.05) is 19.7 Å². The van der Waals surface area contributed by atoms with Crippen LogP contribution in [0.1, 0.15) is 26.3 Å². The minimum atomic E-state index is -0.788. The Morgan fingerprint density at radius 2 is 2.10 bits per heavy atom. The highest BCUT2D eigenvalue weighted by Crippen LogP contribution is 2.27. The fourth-order valence-electron chi connectivity index (χ4n) is 1.96. The lowest BCUT2D eigenvalue weighted by atomic mass is 10.1. The van der Waals surface area contributed by atoms with Crippen molar-refractivity contribution in [2.24, 2.45) is 5.92 Å². The number of carbonyl (C=O) groups is 1. The van der Waals surface area contributed by atoms with E-state index >= 15 is 0 Å². The number of aliphatic carboxylic acids is 1. The molecule has 5 nitrogen and oxygen atoms in total. The highest BCUT2D eigenvalue weighted by Gasteiger charge is 2.15. The fourth-order valence-corrected chi connectivity index (χ4v) is 1.96. The highest BCUT2D eigenvalue weighted by atomic mass is 16.5. The molecule has 0 amide bonds. The van der Waals surface area contributed by atoms with E-state index in [0.717, 1.165) is 12.1 Å². The Balaban J connectivity index is 2.74. The third-order valence-corrected chi connectivity index (χ3v) is 3.13. The lowest BCUT2D eigenvalue weighted by Gasteiger charge is -2.22. The van der Waals surface area contributed by atoms with Crippen LogP contribution in [0.3, 0.4) is 0 Å². The molecule has 0 spiro atoms. The summed E-state index contributed by atoms with van der Waals surface area (Å²) in [4.78, 5) is 13.0. The summed E-state index contributed by atoms with van der Waals surface area (Å²) in [7, 11) is 0. The van der Waals surface area contributed by atoms with Crippen molar-refractivity contribution in [1.29, 1.82) is 0 Å². The number of nitrogens with zero attached hydrogens (tertiary/aromatic N) is 1. The first kappa shape index (κ1) is 16.3. The fraction of sp³-hybridized carbons (Fsp3) is 0.533. The van der Waals surface area contributed by atoms with Gasteiger partial charge in [-0.1, -0.05) is 19.9 Å². The summed E-state index contributed by atoms with van der Waals surface area (Å²) in [5.74, 6) is -0.604. The number of phenolic OH excluding ortho intramolecular Hbond substituents is 1. The lowest BCUT2D eigenvalue weighted by molar-refractivity contribution is -0.141. The predicted octanol–water partition coefficient (Wildman–Crippen LogP) is 2.33. The Hall–Kier alpha value is -1.75. The molecule has 0 aliphatic carbocycles. The summed E-state index contributed by atoms with van der Waals surface area (Å²) >= 11 is 0. The van der Waals surface area contributed by atoms with Gasteiger partial charge in [-0.2, -0.15) is 0 Å². The molecular formula is C15H23NO4. The molecule has 5 heteroatoms. The maximum atomic E-state index is 10.9. The summed E-state index contributed by atoms with van der Waals surface area (Å²) in [6.07, 6.45) is 0. The number of rotatable bonds is 8. The maximum Gasteiger partial charge on any atom is 0.307 e. The van der Waals surface area contributed by atoms with E-state index in [1.807, 2.05) is 19.9 Å². The first-order valence-corrected chi connectivity index (χ1v) is 6.87. The monoisotopic (exact) mass is 281 g/mol. The normalized spacial score (nSPS) is 12.4. The second-order valence-electron chi connectivity index (χ2n) is 4.80. The minimum absolute atomic E-state index is 0.123. The third kappa shape index (κ3) is 4.74. The summed E-state index contributed by atoms with van der Waals surface area (Å²) < 4.78 is 5.35. The van der Waals surface area contributed by atoms with Gasteiger partial charge in [-0.25, -0.2) is 0 Å². The van der Waals surface area contributed by atoms with Crippen molar-refractivity contribution < 1.29 is 19.7 Å². The average molecular weight is 281 g/mol. The molecule has 0 bridgehead atoms. The standard InChI is InChI=1S/C15H23NO4/c1-4-16(9-11(3)15(18)19)10-12-6-7-13(17)14(8-12)20-5-2/h6-8,11,17H,4-5,9-10H2,1-3H3,(H,18,19). The van der Waals surface area contributed by atoms with E-state index in [-0.39, 0.29) is 5.75 Å². The minimum Gasteiger partial charge on any atom is -0.504 e. The van der Waals surface area contributed by atoms with Crippen LogP contribution in [-0.2, 0) is 11.3 Å². The van der Waals surface area contributed by atoms with Gasteiger partial charge in [0.2, 0.25) is 0 Å². The molecule has 0 fully saturated rings. The van der Waals surface area contributed by atoms with Gasteiger partial charge in [0, 0.05) is 13.1 Å². The Bertz CT molecular complexity index is 447. The molecule has 20 heavy (non-hydrogen) atoms. The molecule has 0 saturated heterocycles. The molecule has 2 N–H and O–H groups in total. The molecule has 112 valence electrons. The van der Waals surface area contributed by atoms with Crippen LogP contribution in [0.4, 0.5) is 0 Å². The van der Waals surface area contributed by atoms with Crippen LogP contribution in [0.2, 0.25) is 0 Å². The lowest BCUT2D eigenvalue weighted by Crippen LogP contribution is -2.31. The zero-order valence-corrected chi connectivity index (χ0v) is 12.3. The van der Waals surface area contributed by atoms with Crippen molar-refractivity contribution in [1.82, 2.24) is 4.90 Å². The van der Waals surface area contributed by atoms with Gasteiger partial charge in [0.05, 0.1) is 12.5 Å². The maximum absolute atomic E-state index is 10.9. The molecule has 0 aliphatic rings. The van der Waals surface area contributed by atoms with E-state index in [1.165, 1.54) is 0 Å². The second kappa shape index (κ2) is 7.75. The van der Waals surface area contributed by atoms with Crippen molar-refractivity contribution >= 4 is 5.97 Å². The molecule has 1 aromatic carbocycles. The molecule has 1 atom stereocenters. The first-order valence-electron chi connectivity index (χ1n) is 6.87. The topological polar surface area (TPSA) is 70.0 Å². The number of hydrogen-bond donors (Lipinski definition) is 2. The van der Waals surface area contributed by atoms with Crippen molar-refractivity contribution in [3.05, 3.63) is 23.8 Å². The molecule has 0 aromatic heterocycles. The molecule has 0 saturated carbocycles. The molecule has 0 aliphatic heterocycles. The van der Waals surface area contributed by atoms with Crippen molar-refractivity contribution in [3.63, 3.8) is 0 Å².